The minimum atomic E-state index is -0.459. The molecule has 2 aliphatic rings. The minimum Gasteiger partial charge on any atom is -0.478 e. The van der Waals surface area contributed by atoms with Crippen LogP contribution in [-0.2, 0) is 37.6 Å². The van der Waals surface area contributed by atoms with Crippen LogP contribution in [0.4, 0.5) is 0 Å². The minimum absolute atomic E-state index is 0.140. The van der Waals surface area contributed by atoms with Gasteiger partial charge in [0.25, 0.3) is 0 Å². The maximum absolute atomic E-state index is 11.4. The molecule has 2 aromatic rings. The molecule has 8 heteroatoms. The van der Waals surface area contributed by atoms with Gasteiger partial charge in [-0.1, -0.05) is 39.1 Å². The van der Waals surface area contributed by atoms with Gasteiger partial charge in [-0.05, 0) is 35.4 Å². The number of rotatable bonds is 8. The van der Waals surface area contributed by atoms with Gasteiger partial charge in [-0.2, -0.15) is 0 Å². The zero-order chi connectivity index (χ0) is 25.0. The van der Waals surface area contributed by atoms with Crippen LogP contribution in [0, 0.1) is 0 Å². The number of hydrogen-bond donors (Lipinski definition) is 0. The standard InChI is InChI=1S/C27H30N2O6/c1-5-25(30)34-17-28-13-19-11-21(7-9-23(19)32-15-28)27(3,4)22-8-10-24-20(12-22)14-29(16-33-24)18-35-26(31)6-2/h5-12H,1-2,13-18H2,3-4H3. The molecule has 0 spiro atoms. The van der Waals surface area contributed by atoms with Crippen LogP contribution < -0.4 is 9.47 Å². The Hall–Kier alpha value is -3.62. The van der Waals surface area contributed by atoms with Gasteiger partial charge in [0.2, 0.25) is 0 Å². The lowest BCUT2D eigenvalue weighted by Crippen LogP contribution is -2.35. The Bertz CT molecular complexity index is 1050. The average molecular weight is 479 g/mol. The zero-order valence-electron chi connectivity index (χ0n) is 20.1. The third kappa shape index (κ3) is 5.55. The molecule has 0 aromatic heterocycles. The molecule has 2 aliphatic heterocycles. The van der Waals surface area contributed by atoms with Gasteiger partial charge in [0, 0.05) is 41.8 Å². The largest absolute Gasteiger partial charge is 0.478 e. The van der Waals surface area contributed by atoms with E-state index in [2.05, 4.69) is 51.3 Å². The number of hydrogen-bond acceptors (Lipinski definition) is 8. The molecule has 0 saturated carbocycles. The van der Waals surface area contributed by atoms with E-state index >= 15 is 0 Å². The van der Waals surface area contributed by atoms with Crippen LogP contribution in [0.2, 0.25) is 0 Å². The van der Waals surface area contributed by atoms with Crippen molar-refractivity contribution in [2.75, 3.05) is 26.9 Å². The van der Waals surface area contributed by atoms with Crippen LogP contribution in [0.3, 0.4) is 0 Å². The van der Waals surface area contributed by atoms with Crippen molar-refractivity contribution >= 4 is 11.9 Å². The topological polar surface area (TPSA) is 77.5 Å². The van der Waals surface area contributed by atoms with E-state index < -0.39 is 11.9 Å². The van der Waals surface area contributed by atoms with Gasteiger partial charge in [0.1, 0.15) is 38.4 Å². The van der Waals surface area contributed by atoms with Crippen molar-refractivity contribution < 1.29 is 28.5 Å². The van der Waals surface area contributed by atoms with Gasteiger partial charge in [-0.15, -0.1) is 0 Å². The molecule has 0 unspecified atom stereocenters. The number of fused-ring (bicyclic) bond motifs is 2. The van der Waals surface area contributed by atoms with Crippen molar-refractivity contribution in [3.05, 3.63) is 84.0 Å². The summed E-state index contributed by atoms with van der Waals surface area (Å²) in [4.78, 5) is 26.6. The lowest BCUT2D eigenvalue weighted by molar-refractivity contribution is -0.145. The molecule has 2 heterocycles. The second-order valence-corrected chi connectivity index (χ2v) is 9.07. The fraction of sp³-hybridized carbons (Fsp3) is 0.333. The quantitative estimate of drug-likeness (QED) is 0.420. The molecular weight excluding hydrogens is 448 g/mol. The molecule has 2 aromatic carbocycles. The third-order valence-electron chi connectivity index (χ3n) is 6.27. The first-order valence-electron chi connectivity index (χ1n) is 11.4. The summed E-state index contributed by atoms with van der Waals surface area (Å²) in [6.45, 7) is 13.4. The van der Waals surface area contributed by atoms with E-state index in [1.54, 1.807) is 0 Å². The van der Waals surface area contributed by atoms with E-state index in [1.807, 2.05) is 21.9 Å². The number of carbonyl (C=O) groups is 2. The van der Waals surface area contributed by atoms with E-state index in [1.165, 1.54) is 0 Å². The van der Waals surface area contributed by atoms with Crippen LogP contribution in [-0.4, -0.2) is 48.7 Å². The summed E-state index contributed by atoms with van der Waals surface area (Å²) in [6, 6.07) is 12.5. The maximum Gasteiger partial charge on any atom is 0.331 e. The Morgan fingerprint density at radius 2 is 1.29 bits per heavy atom. The van der Waals surface area contributed by atoms with Crippen LogP contribution in [0.5, 0.6) is 11.5 Å². The predicted molar refractivity (Wildman–Crippen MR) is 129 cm³/mol. The van der Waals surface area contributed by atoms with Crippen LogP contribution in [0.25, 0.3) is 0 Å². The number of nitrogens with zero attached hydrogens (tertiary/aromatic N) is 2. The normalized spacial score (nSPS) is 15.6. The Kier molecular flexibility index (Phi) is 7.23. The van der Waals surface area contributed by atoms with E-state index in [4.69, 9.17) is 18.9 Å². The van der Waals surface area contributed by atoms with Gasteiger partial charge in [-0.25, -0.2) is 19.4 Å². The number of ether oxygens (including phenoxy) is 4. The Labute approximate surface area is 205 Å². The van der Waals surface area contributed by atoms with Crippen LogP contribution >= 0.6 is 0 Å². The molecule has 0 amide bonds. The molecule has 0 bridgehead atoms. The second kappa shape index (κ2) is 10.3. The van der Waals surface area contributed by atoms with Gasteiger partial charge < -0.3 is 18.9 Å². The van der Waals surface area contributed by atoms with Crippen molar-refractivity contribution in [2.45, 2.75) is 32.4 Å². The summed E-state index contributed by atoms with van der Waals surface area (Å²) in [5.41, 5.74) is 4.05. The number of carbonyl (C=O) groups excluding carboxylic acids is 2. The SMILES string of the molecule is C=CC(=O)OCN1COc2ccc(C(C)(C)c3ccc4c(c3)CN(COC(=O)C=C)CO4)cc2C1. The van der Waals surface area contributed by atoms with Gasteiger partial charge in [0.15, 0.2) is 0 Å². The van der Waals surface area contributed by atoms with E-state index in [9.17, 15) is 9.59 Å². The van der Waals surface area contributed by atoms with Gasteiger partial charge >= 0.3 is 11.9 Å². The van der Waals surface area contributed by atoms with E-state index in [0.29, 0.717) is 26.6 Å². The summed E-state index contributed by atoms with van der Waals surface area (Å²) >= 11 is 0. The molecular formula is C27H30N2O6. The Balaban J connectivity index is 1.50. The highest BCUT2D eigenvalue weighted by molar-refractivity contribution is 5.81. The first-order valence-corrected chi connectivity index (χ1v) is 11.4. The highest BCUT2D eigenvalue weighted by atomic mass is 16.6. The smallest absolute Gasteiger partial charge is 0.331 e. The lowest BCUT2D eigenvalue weighted by atomic mass is 9.77. The molecule has 0 saturated heterocycles. The Morgan fingerprint density at radius 1 is 0.857 bits per heavy atom. The molecule has 0 N–H and O–H groups in total. The fourth-order valence-corrected chi connectivity index (χ4v) is 4.12. The molecule has 0 atom stereocenters. The summed E-state index contributed by atoms with van der Waals surface area (Å²) < 4.78 is 22.0. The molecule has 4 rings (SSSR count). The van der Waals surface area contributed by atoms with Crippen molar-refractivity contribution in [3.63, 3.8) is 0 Å². The summed E-state index contributed by atoms with van der Waals surface area (Å²) in [7, 11) is 0. The van der Waals surface area contributed by atoms with Crippen LogP contribution in [0.15, 0.2) is 61.7 Å². The zero-order valence-corrected chi connectivity index (χ0v) is 20.1. The monoisotopic (exact) mass is 478 g/mol. The highest BCUT2D eigenvalue weighted by Crippen LogP contribution is 2.38. The van der Waals surface area contributed by atoms with Gasteiger partial charge in [-0.3, -0.25) is 0 Å². The van der Waals surface area contributed by atoms with Crippen molar-refractivity contribution in [3.8, 4) is 11.5 Å². The highest BCUT2D eigenvalue weighted by Gasteiger charge is 2.28. The predicted octanol–water partition coefficient (Wildman–Crippen LogP) is 3.69. The third-order valence-corrected chi connectivity index (χ3v) is 6.27. The van der Waals surface area contributed by atoms with Crippen molar-refractivity contribution in [1.82, 2.24) is 9.80 Å². The van der Waals surface area contributed by atoms with Crippen molar-refractivity contribution in [1.29, 1.82) is 0 Å². The first kappa shape index (κ1) is 24.5. The molecule has 35 heavy (non-hydrogen) atoms. The van der Waals surface area contributed by atoms with Gasteiger partial charge in [0.05, 0.1) is 0 Å². The maximum atomic E-state index is 11.4. The number of benzene rings is 2. The molecule has 8 nitrogen and oxygen atoms in total. The first-order chi connectivity index (χ1) is 16.8. The summed E-state index contributed by atoms with van der Waals surface area (Å²) in [5, 5.41) is 0. The molecule has 0 aliphatic carbocycles. The summed E-state index contributed by atoms with van der Waals surface area (Å²) in [5.74, 6) is 0.748. The Morgan fingerprint density at radius 3 is 1.69 bits per heavy atom. The van der Waals surface area contributed by atoms with Crippen LogP contribution in [0.1, 0.15) is 36.1 Å². The van der Waals surface area contributed by atoms with Crippen molar-refractivity contribution in [2.24, 2.45) is 0 Å². The fourth-order valence-electron chi connectivity index (χ4n) is 4.12. The molecule has 184 valence electrons. The molecule has 0 fully saturated rings. The molecule has 0 radical (unpaired) electrons. The number of esters is 2. The summed E-state index contributed by atoms with van der Waals surface area (Å²) in [6.07, 6.45) is 2.30. The van der Waals surface area contributed by atoms with E-state index in [0.717, 1.165) is 45.9 Å². The van der Waals surface area contributed by atoms with E-state index in [-0.39, 0.29) is 18.9 Å². The lowest BCUT2D eigenvalue weighted by Gasteiger charge is -2.33. The average Bonchev–Trinajstić information content (AvgIpc) is 2.89. The second-order valence-electron chi connectivity index (χ2n) is 9.07.